The molecular formula is C10H13ClN4OS. The van der Waals surface area contributed by atoms with Crippen LogP contribution in [0.15, 0.2) is 22.2 Å². The summed E-state index contributed by atoms with van der Waals surface area (Å²) in [6, 6.07) is 1.94. The quantitative estimate of drug-likeness (QED) is 0.826. The van der Waals surface area contributed by atoms with E-state index in [9.17, 15) is 0 Å². The number of nitrogens with one attached hydrogen (secondary N) is 2. The van der Waals surface area contributed by atoms with Gasteiger partial charge < -0.3 is 10.1 Å². The zero-order chi connectivity index (χ0) is 12.3. The van der Waals surface area contributed by atoms with Crippen LogP contribution in [0.3, 0.4) is 0 Å². The topological polar surface area (TPSA) is 58.5 Å². The largest absolute Gasteiger partial charge is 0.382 e. The number of aromatic nitrogens is 1. The molecule has 0 aromatic carbocycles. The summed E-state index contributed by atoms with van der Waals surface area (Å²) in [4.78, 5) is 9.58. The number of halogens is 1. The van der Waals surface area contributed by atoms with Gasteiger partial charge in [-0.15, -0.1) is 0 Å². The van der Waals surface area contributed by atoms with Gasteiger partial charge in [0.05, 0.1) is 22.6 Å². The Balaban J connectivity index is 2.10. The molecule has 0 saturated carbocycles. The molecule has 0 saturated heterocycles. The van der Waals surface area contributed by atoms with Gasteiger partial charge in [0.25, 0.3) is 0 Å². The first-order chi connectivity index (χ1) is 8.19. The lowest BCUT2D eigenvalue weighted by molar-refractivity contribution is 0.186. The molecule has 1 unspecified atom stereocenters. The SMILES string of the molecule is COCC(C)N=C1NSc2cc(Cl)cnc2N1. The molecule has 1 aromatic rings. The van der Waals surface area contributed by atoms with E-state index in [-0.39, 0.29) is 6.04 Å². The molecule has 5 nitrogen and oxygen atoms in total. The number of anilines is 1. The molecule has 0 radical (unpaired) electrons. The van der Waals surface area contributed by atoms with Crippen molar-refractivity contribution in [2.75, 3.05) is 19.0 Å². The van der Waals surface area contributed by atoms with Gasteiger partial charge in [0.1, 0.15) is 5.82 Å². The zero-order valence-electron chi connectivity index (χ0n) is 9.53. The molecule has 0 aliphatic carbocycles. The zero-order valence-corrected chi connectivity index (χ0v) is 11.1. The number of guanidine groups is 1. The van der Waals surface area contributed by atoms with Gasteiger partial charge in [0, 0.05) is 13.3 Å². The van der Waals surface area contributed by atoms with Crippen molar-refractivity contribution >= 4 is 35.3 Å². The van der Waals surface area contributed by atoms with E-state index in [1.165, 1.54) is 11.9 Å². The van der Waals surface area contributed by atoms with Crippen molar-refractivity contribution in [3.8, 4) is 0 Å². The minimum Gasteiger partial charge on any atom is -0.382 e. The molecule has 1 aliphatic rings. The molecule has 0 spiro atoms. The van der Waals surface area contributed by atoms with Crippen LogP contribution in [-0.4, -0.2) is 30.7 Å². The van der Waals surface area contributed by atoms with Gasteiger partial charge >= 0.3 is 0 Å². The van der Waals surface area contributed by atoms with Crippen molar-refractivity contribution in [3.63, 3.8) is 0 Å². The highest BCUT2D eigenvalue weighted by atomic mass is 35.5. The van der Waals surface area contributed by atoms with Crippen LogP contribution in [0.25, 0.3) is 0 Å². The molecule has 2 N–H and O–H groups in total. The fourth-order valence-corrected chi connectivity index (χ4v) is 2.31. The minimum atomic E-state index is 0.0875. The van der Waals surface area contributed by atoms with E-state index in [1.54, 1.807) is 13.3 Å². The third-order valence-electron chi connectivity index (χ3n) is 2.07. The summed E-state index contributed by atoms with van der Waals surface area (Å²) in [5.74, 6) is 1.45. The summed E-state index contributed by atoms with van der Waals surface area (Å²) in [5, 5.41) is 3.72. The van der Waals surface area contributed by atoms with E-state index in [1.807, 2.05) is 13.0 Å². The van der Waals surface area contributed by atoms with Crippen molar-refractivity contribution in [1.29, 1.82) is 0 Å². The number of aliphatic imine (C=N–C) groups is 1. The van der Waals surface area contributed by atoms with Crippen LogP contribution >= 0.6 is 23.5 Å². The van der Waals surface area contributed by atoms with Crippen LogP contribution in [0.2, 0.25) is 5.02 Å². The highest BCUT2D eigenvalue weighted by Gasteiger charge is 2.15. The number of nitrogens with zero attached hydrogens (tertiary/aromatic N) is 2. The van der Waals surface area contributed by atoms with Gasteiger partial charge in [-0.3, -0.25) is 4.72 Å². The average Bonchev–Trinajstić information content (AvgIpc) is 2.29. The summed E-state index contributed by atoms with van der Waals surface area (Å²) in [6.07, 6.45) is 1.61. The smallest absolute Gasteiger partial charge is 0.207 e. The van der Waals surface area contributed by atoms with Crippen LogP contribution in [0.4, 0.5) is 5.82 Å². The molecule has 0 bridgehead atoms. The van der Waals surface area contributed by atoms with E-state index in [0.717, 1.165) is 10.7 Å². The molecule has 1 aromatic heterocycles. The van der Waals surface area contributed by atoms with Crippen molar-refractivity contribution in [2.24, 2.45) is 4.99 Å². The Morgan fingerprint density at radius 1 is 1.65 bits per heavy atom. The third-order valence-corrected chi connectivity index (χ3v) is 3.10. The minimum absolute atomic E-state index is 0.0875. The Labute approximate surface area is 109 Å². The fraction of sp³-hybridized carbons (Fsp3) is 0.400. The fourth-order valence-electron chi connectivity index (χ4n) is 1.39. The van der Waals surface area contributed by atoms with Crippen LogP contribution in [-0.2, 0) is 4.74 Å². The summed E-state index contributed by atoms with van der Waals surface area (Å²) < 4.78 is 8.12. The summed E-state index contributed by atoms with van der Waals surface area (Å²) in [5.41, 5.74) is 0. The molecular weight excluding hydrogens is 260 g/mol. The number of hydrogen-bond donors (Lipinski definition) is 2. The second-order valence-corrected chi connectivity index (χ2v) is 4.90. The summed E-state index contributed by atoms with van der Waals surface area (Å²) in [7, 11) is 1.66. The molecule has 2 rings (SSSR count). The lowest BCUT2D eigenvalue weighted by Gasteiger charge is -2.20. The van der Waals surface area contributed by atoms with Crippen LogP contribution in [0, 0.1) is 0 Å². The number of ether oxygens (including phenoxy) is 1. The maximum atomic E-state index is 5.86. The maximum Gasteiger partial charge on any atom is 0.207 e. The van der Waals surface area contributed by atoms with E-state index in [0.29, 0.717) is 17.6 Å². The second-order valence-electron chi connectivity index (χ2n) is 3.61. The lowest BCUT2D eigenvalue weighted by Crippen LogP contribution is -2.31. The Morgan fingerprint density at radius 2 is 2.47 bits per heavy atom. The Hall–Kier alpha value is -0.980. The number of methoxy groups -OCH3 is 1. The number of pyridine rings is 1. The van der Waals surface area contributed by atoms with Gasteiger partial charge in [-0.25, -0.2) is 9.98 Å². The van der Waals surface area contributed by atoms with E-state index in [2.05, 4.69) is 20.0 Å². The van der Waals surface area contributed by atoms with Gasteiger partial charge in [-0.05, 0) is 24.9 Å². The predicted octanol–water partition coefficient (Wildman–Crippen LogP) is 2.15. The molecule has 1 atom stereocenters. The molecule has 92 valence electrons. The monoisotopic (exact) mass is 272 g/mol. The van der Waals surface area contributed by atoms with Crippen molar-refractivity contribution in [3.05, 3.63) is 17.3 Å². The Kier molecular flexibility index (Phi) is 4.09. The highest BCUT2D eigenvalue weighted by molar-refractivity contribution is 7.98. The van der Waals surface area contributed by atoms with Crippen molar-refractivity contribution in [2.45, 2.75) is 17.9 Å². The molecule has 0 amide bonds. The second kappa shape index (κ2) is 5.57. The molecule has 0 fully saturated rings. The number of hydrogen-bond acceptors (Lipinski definition) is 4. The normalized spacial score (nSPS) is 18.2. The first-order valence-corrected chi connectivity index (χ1v) is 6.30. The van der Waals surface area contributed by atoms with Crippen molar-refractivity contribution < 1.29 is 4.74 Å². The van der Waals surface area contributed by atoms with E-state index >= 15 is 0 Å². The molecule has 7 heteroatoms. The number of rotatable bonds is 3. The van der Waals surface area contributed by atoms with Gasteiger partial charge in [-0.2, -0.15) is 0 Å². The molecule has 17 heavy (non-hydrogen) atoms. The molecule has 2 heterocycles. The Bertz CT molecular complexity index is 440. The van der Waals surface area contributed by atoms with E-state index < -0.39 is 0 Å². The van der Waals surface area contributed by atoms with Crippen LogP contribution < -0.4 is 10.0 Å². The van der Waals surface area contributed by atoms with Crippen molar-refractivity contribution in [1.82, 2.24) is 9.71 Å². The third kappa shape index (κ3) is 3.24. The van der Waals surface area contributed by atoms with Crippen LogP contribution in [0.1, 0.15) is 6.92 Å². The van der Waals surface area contributed by atoms with Gasteiger partial charge in [0.15, 0.2) is 0 Å². The van der Waals surface area contributed by atoms with E-state index in [4.69, 9.17) is 16.3 Å². The van der Waals surface area contributed by atoms with Crippen LogP contribution in [0.5, 0.6) is 0 Å². The summed E-state index contributed by atoms with van der Waals surface area (Å²) in [6.45, 7) is 2.56. The predicted molar refractivity (Wildman–Crippen MR) is 70.6 cm³/mol. The lowest BCUT2D eigenvalue weighted by atomic mass is 10.4. The standard InChI is InChI=1S/C10H13ClN4OS/c1-6(5-16-2)13-10-14-9-8(17-15-10)3-7(11)4-12-9/h3-4,6H,5H2,1-2H3,(H2,12,13,14,15). The van der Waals surface area contributed by atoms with Gasteiger partial charge in [-0.1, -0.05) is 11.6 Å². The highest BCUT2D eigenvalue weighted by Crippen LogP contribution is 2.28. The van der Waals surface area contributed by atoms with Gasteiger partial charge in [0.2, 0.25) is 5.96 Å². The first kappa shape index (κ1) is 12.5. The maximum absolute atomic E-state index is 5.86. The Morgan fingerprint density at radius 3 is 3.24 bits per heavy atom. The summed E-state index contributed by atoms with van der Waals surface area (Å²) >= 11 is 7.30. The first-order valence-electron chi connectivity index (χ1n) is 5.11. The molecule has 1 aliphatic heterocycles. The average molecular weight is 273 g/mol. The number of fused-ring (bicyclic) bond motifs is 1.